The minimum atomic E-state index is -1.06. The number of aliphatic hydroxyl groups excluding tert-OH is 1. The zero-order valence-corrected chi connectivity index (χ0v) is 14.1. The number of carboxylic acids is 1. The van der Waals surface area contributed by atoms with Gasteiger partial charge >= 0.3 is 0 Å². The molecule has 0 aliphatic carbocycles. The quantitative estimate of drug-likeness (QED) is 0.414. The summed E-state index contributed by atoms with van der Waals surface area (Å²) >= 11 is 0. The summed E-state index contributed by atoms with van der Waals surface area (Å²) in [6.45, 7) is 3.94. The number of aliphatic hydroxyl groups is 1. The third-order valence-corrected chi connectivity index (χ3v) is 4.58. The molecule has 1 atom stereocenters. The van der Waals surface area contributed by atoms with Crippen molar-refractivity contribution in [2.45, 2.75) is 64.7 Å². The van der Waals surface area contributed by atoms with Gasteiger partial charge in [-0.15, -0.1) is 0 Å². The van der Waals surface area contributed by atoms with Gasteiger partial charge in [-0.25, -0.2) is 4.99 Å². The highest BCUT2D eigenvalue weighted by Gasteiger charge is 2.37. The van der Waals surface area contributed by atoms with Crippen molar-refractivity contribution in [2.24, 2.45) is 4.99 Å². The first kappa shape index (κ1) is 19.1. The number of quaternary nitrogens is 1. The van der Waals surface area contributed by atoms with E-state index >= 15 is 0 Å². The molecule has 0 aromatic heterocycles. The van der Waals surface area contributed by atoms with Crippen LogP contribution in [0.2, 0.25) is 0 Å². The van der Waals surface area contributed by atoms with Crippen molar-refractivity contribution in [3.63, 3.8) is 0 Å². The standard InChI is InChI=1S/C17H32N2O3/c1-2-3-4-5-6-7-8-9-10-16-18-11-12-19(16,13-14-20)15-17(21)22/h20H,2-15H2,1H3. The lowest BCUT2D eigenvalue weighted by Crippen LogP contribution is -2.57. The van der Waals surface area contributed by atoms with Gasteiger partial charge in [-0.1, -0.05) is 51.9 Å². The maximum Gasteiger partial charge on any atom is 0.198 e. The highest BCUT2D eigenvalue weighted by atomic mass is 16.4. The Morgan fingerprint density at radius 1 is 1.18 bits per heavy atom. The number of carbonyl (C=O) groups is 1. The zero-order chi connectivity index (χ0) is 16.3. The van der Waals surface area contributed by atoms with Crippen molar-refractivity contribution in [3.05, 3.63) is 0 Å². The number of carboxylic acid groups (broad SMARTS) is 1. The number of aliphatic imine (C=N–C) groups is 1. The van der Waals surface area contributed by atoms with Gasteiger partial charge in [-0.2, -0.15) is 0 Å². The molecule has 22 heavy (non-hydrogen) atoms. The Morgan fingerprint density at radius 2 is 1.82 bits per heavy atom. The largest absolute Gasteiger partial charge is 0.544 e. The molecular formula is C17H32N2O3. The minimum Gasteiger partial charge on any atom is -0.544 e. The first-order valence-electron chi connectivity index (χ1n) is 8.85. The number of carbonyl (C=O) groups excluding carboxylic acids is 1. The van der Waals surface area contributed by atoms with Crippen LogP contribution in [0.5, 0.6) is 0 Å². The second kappa shape index (κ2) is 10.7. The van der Waals surface area contributed by atoms with Crippen LogP contribution in [0, 0.1) is 0 Å². The molecule has 1 rings (SSSR count). The Bertz CT molecular complexity index is 358. The second-order valence-corrected chi connectivity index (χ2v) is 6.37. The van der Waals surface area contributed by atoms with E-state index < -0.39 is 5.97 Å². The van der Waals surface area contributed by atoms with Gasteiger partial charge in [0.2, 0.25) is 0 Å². The number of hydrogen-bond donors (Lipinski definition) is 1. The zero-order valence-electron chi connectivity index (χ0n) is 14.1. The van der Waals surface area contributed by atoms with Crippen LogP contribution in [-0.2, 0) is 4.79 Å². The van der Waals surface area contributed by atoms with E-state index in [4.69, 9.17) is 0 Å². The van der Waals surface area contributed by atoms with Crippen LogP contribution in [0.4, 0.5) is 0 Å². The van der Waals surface area contributed by atoms with Crippen molar-refractivity contribution in [2.75, 3.05) is 32.8 Å². The summed E-state index contributed by atoms with van der Waals surface area (Å²) < 4.78 is 0.301. The smallest absolute Gasteiger partial charge is 0.198 e. The van der Waals surface area contributed by atoms with E-state index in [0.29, 0.717) is 24.1 Å². The topological polar surface area (TPSA) is 72.7 Å². The average molecular weight is 312 g/mol. The summed E-state index contributed by atoms with van der Waals surface area (Å²) in [7, 11) is 0. The molecule has 1 aliphatic heterocycles. The van der Waals surface area contributed by atoms with E-state index in [0.717, 1.165) is 18.7 Å². The first-order valence-corrected chi connectivity index (χ1v) is 8.85. The fraction of sp³-hybridized carbons (Fsp3) is 0.882. The van der Waals surface area contributed by atoms with E-state index in [1.54, 1.807) is 0 Å². The second-order valence-electron chi connectivity index (χ2n) is 6.37. The van der Waals surface area contributed by atoms with Gasteiger partial charge in [-0.05, 0) is 6.42 Å². The fourth-order valence-corrected chi connectivity index (χ4v) is 3.31. The Labute approximate surface area is 134 Å². The maximum absolute atomic E-state index is 11.0. The molecule has 0 amide bonds. The fourth-order valence-electron chi connectivity index (χ4n) is 3.31. The monoisotopic (exact) mass is 312 g/mol. The molecule has 0 spiro atoms. The van der Waals surface area contributed by atoms with Gasteiger partial charge in [0.15, 0.2) is 5.84 Å². The Hall–Kier alpha value is -0.940. The van der Waals surface area contributed by atoms with Crippen LogP contribution in [0.1, 0.15) is 64.7 Å². The van der Waals surface area contributed by atoms with E-state index in [2.05, 4.69) is 11.9 Å². The van der Waals surface area contributed by atoms with Crippen LogP contribution >= 0.6 is 0 Å². The predicted octanol–water partition coefficient (Wildman–Crippen LogP) is 1.49. The molecule has 1 N–H and O–H groups in total. The van der Waals surface area contributed by atoms with Crippen molar-refractivity contribution in [1.29, 1.82) is 0 Å². The van der Waals surface area contributed by atoms with E-state index in [-0.39, 0.29) is 13.2 Å². The number of aliphatic carboxylic acids is 1. The van der Waals surface area contributed by atoms with E-state index in [1.165, 1.54) is 44.9 Å². The van der Waals surface area contributed by atoms with Gasteiger partial charge in [-0.3, -0.25) is 4.48 Å². The van der Waals surface area contributed by atoms with Crippen molar-refractivity contribution < 1.29 is 19.5 Å². The molecule has 0 saturated carbocycles. The molecule has 1 heterocycles. The lowest BCUT2D eigenvalue weighted by Gasteiger charge is -2.34. The van der Waals surface area contributed by atoms with Gasteiger partial charge in [0.1, 0.15) is 19.6 Å². The summed E-state index contributed by atoms with van der Waals surface area (Å²) in [6.07, 6.45) is 10.9. The van der Waals surface area contributed by atoms with Crippen molar-refractivity contribution in [3.8, 4) is 0 Å². The van der Waals surface area contributed by atoms with Crippen molar-refractivity contribution in [1.82, 2.24) is 0 Å². The summed E-state index contributed by atoms with van der Waals surface area (Å²) in [5.41, 5.74) is 0. The number of amidine groups is 1. The number of unbranched alkanes of at least 4 members (excludes halogenated alkanes) is 7. The van der Waals surface area contributed by atoms with Crippen LogP contribution in [0.3, 0.4) is 0 Å². The van der Waals surface area contributed by atoms with Crippen LogP contribution in [-0.4, -0.2) is 54.2 Å². The highest BCUT2D eigenvalue weighted by Crippen LogP contribution is 2.20. The first-order chi connectivity index (χ1) is 10.6. The summed E-state index contributed by atoms with van der Waals surface area (Å²) in [6, 6.07) is 0. The van der Waals surface area contributed by atoms with Gasteiger partial charge in [0.05, 0.1) is 19.1 Å². The van der Waals surface area contributed by atoms with Crippen molar-refractivity contribution >= 4 is 11.8 Å². The third-order valence-electron chi connectivity index (χ3n) is 4.58. The molecule has 128 valence electrons. The molecule has 1 unspecified atom stereocenters. The Kier molecular flexibility index (Phi) is 9.32. The summed E-state index contributed by atoms with van der Waals surface area (Å²) in [4.78, 5) is 15.5. The highest BCUT2D eigenvalue weighted by molar-refractivity contribution is 5.79. The molecular weight excluding hydrogens is 280 g/mol. The molecule has 5 nitrogen and oxygen atoms in total. The number of nitrogens with zero attached hydrogens (tertiary/aromatic N) is 2. The van der Waals surface area contributed by atoms with Crippen LogP contribution in [0.25, 0.3) is 0 Å². The van der Waals surface area contributed by atoms with Crippen LogP contribution in [0.15, 0.2) is 4.99 Å². The molecule has 0 fully saturated rings. The molecule has 1 aliphatic rings. The molecule has 0 aromatic rings. The average Bonchev–Trinajstić information content (AvgIpc) is 2.84. The Morgan fingerprint density at radius 3 is 2.41 bits per heavy atom. The maximum atomic E-state index is 11.0. The van der Waals surface area contributed by atoms with E-state index in [1.807, 2.05) is 0 Å². The third kappa shape index (κ3) is 6.44. The molecule has 0 saturated heterocycles. The van der Waals surface area contributed by atoms with Gasteiger partial charge in [0, 0.05) is 6.42 Å². The predicted molar refractivity (Wildman–Crippen MR) is 86.5 cm³/mol. The summed E-state index contributed by atoms with van der Waals surface area (Å²) in [5.74, 6) is -0.108. The minimum absolute atomic E-state index is 0.0102. The Balaban J connectivity index is 2.29. The van der Waals surface area contributed by atoms with E-state index in [9.17, 15) is 15.0 Å². The normalized spacial score (nSPS) is 21.1. The summed E-state index contributed by atoms with van der Waals surface area (Å²) in [5, 5.41) is 20.3. The number of hydrogen-bond acceptors (Lipinski definition) is 4. The molecule has 5 heteroatoms. The molecule has 0 bridgehead atoms. The SMILES string of the molecule is CCCCCCCCCCC1=NCC[N+]1(CCO)CC(=O)[O-]. The lowest BCUT2D eigenvalue weighted by molar-refractivity contribution is -0.831. The lowest BCUT2D eigenvalue weighted by atomic mass is 10.1. The number of rotatable bonds is 13. The molecule has 0 radical (unpaired) electrons. The molecule has 0 aromatic carbocycles. The van der Waals surface area contributed by atoms with Gasteiger partial charge in [0.25, 0.3) is 0 Å². The van der Waals surface area contributed by atoms with Crippen LogP contribution < -0.4 is 5.11 Å². The van der Waals surface area contributed by atoms with Gasteiger partial charge < -0.3 is 15.0 Å².